The molecule has 5 heteroatoms. The molecule has 0 amide bonds. The molecule has 21 heavy (non-hydrogen) atoms. The Labute approximate surface area is 125 Å². The van der Waals surface area contributed by atoms with Gasteiger partial charge in [0.05, 0.1) is 19.0 Å². The zero-order chi connectivity index (χ0) is 14.9. The third-order valence-corrected chi connectivity index (χ3v) is 2.99. The van der Waals surface area contributed by atoms with Crippen LogP contribution in [0, 0.1) is 0 Å². The first-order valence-electron chi connectivity index (χ1n) is 7.27. The van der Waals surface area contributed by atoms with Gasteiger partial charge in [0.2, 0.25) is 5.88 Å². The summed E-state index contributed by atoms with van der Waals surface area (Å²) >= 11 is 0. The smallest absolute Gasteiger partial charge is 0.234 e. The number of hydrogen-bond donors (Lipinski definition) is 1. The third kappa shape index (κ3) is 4.72. The van der Waals surface area contributed by atoms with E-state index in [9.17, 15) is 0 Å². The van der Waals surface area contributed by atoms with Crippen molar-refractivity contribution in [3.8, 4) is 5.88 Å². The number of ether oxygens (including phenoxy) is 1. The van der Waals surface area contributed by atoms with Crippen LogP contribution in [0.1, 0.15) is 18.9 Å². The van der Waals surface area contributed by atoms with Crippen molar-refractivity contribution in [1.29, 1.82) is 0 Å². The molecule has 0 bridgehead atoms. The lowest BCUT2D eigenvalue weighted by Crippen LogP contribution is -2.29. The van der Waals surface area contributed by atoms with Crippen molar-refractivity contribution in [1.82, 2.24) is 9.97 Å². The lowest BCUT2D eigenvalue weighted by Gasteiger charge is -2.23. The number of hydrogen-bond acceptors (Lipinski definition) is 5. The van der Waals surface area contributed by atoms with Gasteiger partial charge in [-0.3, -0.25) is 4.98 Å². The summed E-state index contributed by atoms with van der Waals surface area (Å²) in [6, 6.07) is 10.3. The minimum Gasteiger partial charge on any atom is -0.477 e. The van der Waals surface area contributed by atoms with Gasteiger partial charge < -0.3 is 15.4 Å². The molecule has 1 heterocycles. The van der Waals surface area contributed by atoms with E-state index in [1.165, 1.54) is 5.56 Å². The third-order valence-electron chi connectivity index (χ3n) is 2.99. The average Bonchev–Trinajstić information content (AvgIpc) is 2.54. The molecule has 0 aliphatic carbocycles. The van der Waals surface area contributed by atoms with Crippen LogP contribution >= 0.6 is 0 Å². The molecule has 1 aromatic heterocycles. The van der Waals surface area contributed by atoms with Gasteiger partial charge in [-0.15, -0.1) is 0 Å². The summed E-state index contributed by atoms with van der Waals surface area (Å²) in [7, 11) is 0. The minimum atomic E-state index is 0.560. The van der Waals surface area contributed by atoms with Crippen molar-refractivity contribution in [3.63, 3.8) is 0 Å². The Bertz CT molecular complexity index is 533. The monoisotopic (exact) mass is 286 g/mol. The molecule has 0 radical (unpaired) electrons. The van der Waals surface area contributed by atoms with Gasteiger partial charge >= 0.3 is 0 Å². The van der Waals surface area contributed by atoms with E-state index in [1.54, 1.807) is 12.4 Å². The summed E-state index contributed by atoms with van der Waals surface area (Å²) in [5.41, 5.74) is 6.93. The summed E-state index contributed by atoms with van der Waals surface area (Å²) in [6.45, 7) is 4.75. The fourth-order valence-electron chi connectivity index (χ4n) is 2.00. The molecule has 0 unspecified atom stereocenters. The van der Waals surface area contributed by atoms with Gasteiger partial charge in [-0.25, -0.2) is 0 Å². The van der Waals surface area contributed by atoms with Crippen molar-refractivity contribution >= 4 is 5.82 Å². The van der Waals surface area contributed by atoms with Crippen LogP contribution in [0.25, 0.3) is 0 Å². The second-order valence-corrected chi connectivity index (χ2v) is 4.76. The largest absolute Gasteiger partial charge is 0.477 e. The normalized spacial score (nSPS) is 10.4. The van der Waals surface area contributed by atoms with Crippen LogP contribution in [0.15, 0.2) is 42.7 Å². The molecule has 0 aliphatic rings. The Morgan fingerprint density at radius 2 is 2.00 bits per heavy atom. The van der Waals surface area contributed by atoms with Gasteiger partial charge in [-0.1, -0.05) is 37.3 Å². The van der Waals surface area contributed by atoms with Crippen LogP contribution in [-0.2, 0) is 6.54 Å². The summed E-state index contributed by atoms with van der Waals surface area (Å²) in [5.74, 6) is 1.35. The second-order valence-electron chi connectivity index (χ2n) is 4.76. The number of nitrogens with zero attached hydrogens (tertiary/aromatic N) is 3. The van der Waals surface area contributed by atoms with Crippen molar-refractivity contribution in [3.05, 3.63) is 48.3 Å². The molecule has 0 saturated heterocycles. The molecule has 5 nitrogen and oxygen atoms in total. The van der Waals surface area contributed by atoms with E-state index in [1.807, 2.05) is 18.2 Å². The molecule has 2 N–H and O–H groups in total. The molecule has 1 aromatic carbocycles. The van der Waals surface area contributed by atoms with Crippen molar-refractivity contribution in [2.24, 2.45) is 5.73 Å². The van der Waals surface area contributed by atoms with Gasteiger partial charge in [0.1, 0.15) is 0 Å². The summed E-state index contributed by atoms with van der Waals surface area (Å²) in [6.07, 6.45) is 4.34. The van der Waals surface area contributed by atoms with E-state index in [4.69, 9.17) is 10.5 Å². The zero-order valence-electron chi connectivity index (χ0n) is 12.4. The second kappa shape index (κ2) is 8.21. The highest BCUT2D eigenvalue weighted by Crippen LogP contribution is 2.16. The van der Waals surface area contributed by atoms with Gasteiger partial charge in [0.15, 0.2) is 5.82 Å². The van der Waals surface area contributed by atoms with Crippen LogP contribution in [0.5, 0.6) is 5.88 Å². The summed E-state index contributed by atoms with van der Waals surface area (Å²) < 4.78 is 5.54. The molecule has 112 valence electrons. The van der Waals surface area contributed by atoms with Crippen LogP contribution < -0.4 is 15.4 Å². The highest BCUT2D eigenvalue weighted by atomic mass is 16.5. The van der Waals surface area contributed by atoms with Crippen LogP contribution in [0.4, 0.5) is 5.82 Å². The standard InChI is InChI=1S/C16H22N4O/c1-2-10-21-16-12-18-11-15(19-16)20(9-8-17)13-14-6-4-3-5-7-14/h3-7,11-12H,2,8-10,13,17H2,1H3. The first kappa shape index (κ1) is 15.3. The Balaban J connectivity index is 2.13. The van der Waals surface area contributed by atoms with E-state index in [0.717, 1.165) is 25.3 Å². The van der Waals surface area contributed by atoms with Gasteiger partial charge in [-0.2, -0.15) is 4.98 Å². The van der Waals surface area contributed by atoms with Crippen LogP contribution in [-0.4, -0.2) is 29.7 Å². The molecule has 0 fully saturated rings. The van der Waals surface area contributed by atoms with Crippen molar-refractivity contribution in [2.75, 3.05) is 24.6 Å². The Kier molecular flexibility index (Phi) is 5.97. The number of anilines is 1. The maximum absolute atomic E-state index is 5.72. The maximum Gasteiger partial charge on any atom is 0.234 e. The van der Waals surface area contributed by atoms with Gasteiger partial charge in [0.25, 0.3) is 0 Å². The highest BCUT2D eigenvalue weighted by Gasteiger charge is 2.10. The van der Waals surface area contributed by atoms with E-state index in [0.29, 0.717) is 19.0 Å². The van der Waals surface area contributed by atoms with Gasteiger partial charge in [-0.05, 0) is 12.0 Å². The summed E-state index contributed by atoms with van der Waals surface area (Å²) in [4.78, 5) is 10.8. The number of nitrogens with two attached hydrogens (primary N) is 1. The maximum atomic E-state index is 5.72. The topological polar surface area (TPSA) is 64.3 Å². The lowest BCUT2D eigenvalue weighted by atomic mass is 10.2. The van der Waals surface area contributed by atoms with E-state index < -0.39 is 0 Å². The fourth-order valence-corrected chi connectivity index (χ4v) is 2.00. The van der Waals surface area contributed by atoms with E-state index in [2.05, 4.69) is 33.9 Å². The minimum absolute atomic E-state index is 0.560. The summed E-state index contributed by atoms with van der Waals surface area (Å²) in [5, 5.41) is 0. The molecular formula is C16H22N4O. The number of aromatic nitrogens is 2. The van der Waals surface area contributed by atoms with E-state index in [-0.39, 0.29) is 0 Å². The number of rotatable bonds is 8. The molecule has 0 spiro atoms. The zero-order valence-corrected chi connectivity index (χ0v) is 12.4. The molecule has 2 aromatic rings. The predicted molar refractivity (Wildman–Crippen MR) is 84.4 cm³/mol. The Hall–Kier alpha value is -2.14. The lowest BCUT2D eigenvalue weighted by molar-refractivity contribution is 0.304. The first-order chi connectivity index (χ1) is 10.3. The first-order valence-corrected chi connectivity index (χ1v) is 7.27. The molecule has 0 aliphatic heterocycles. The Morgan fingerprint density at radius 1 is 1.19 bits per heavy atom. The van der Waals surface area contributed by atoms with E-state index >= 15 is 0 Å². The van der Waals surface area contributed by atoms with Crippen LogP contribution in [0.2, 0.25) is 0 Å². The van der Waals surface area contributed by atoms with Gasteiger partial charge in [0, 0.05) is 19.6 Å². The quantitative estimate of drug-likeness (QED) is 0.806. The predicted octanol–water partition coefficient (Wildman–Crippen LogP) is 2.23. The fraction of sp³-hybridized carbons (Fsp3) is 0.375. The molecule has 0 saturated carbocycles. The van der Waals surface area contributed by atoms with Crippen molar-refractivity contribution < 1.29 is 4.74 Å². The van der Waals surface area contributed by atoms with Crippen LogP contribution in [0.3, 0.4) is 0 Å². The SMILES string of the molecule is CCCOc1cncc(N(CCN)Cc2ccccc2)n1. The Morgan fingerprint density at radius 3 is 2.71 bits per heavy atom. The molecular weight excluding hydrogens is 264 g/mol. The van der Waals surface area contributed by atoms with Crippen molar-refractivity contribution in [2.45, 2.75) is 19.9 Å². The molecule has 0 atom stereocenters. The highest BCUT2D eigenvalue weighted by molar-refractivity contribution is 5.39. The molecule has 2 rings (SSSR count). The average molecular weight is 286 g/mol. The number of benzene rings is 1.